The van der Waals surface area contributed by atoms with Gasteiger partial charge in [-0.25, -0.2) is 13.8 Å². The first-order valence-electron chi connectivity index (χ1n) is 9.71. The molecule has 0 fully saturated rings. The average Bonchev–Trinajstić information content (AvgIpc) is 2.80. The van der Waals surface area contributed by atoms with Gasteiger partial charge in [-0.1, -0.05) is 42.5 Å². The van der Waals surface area contributed by atoms with E-state index in [9.17, 15) is 13.2 Å². The van der Waals surface area contributed by atoms with Crippen LogP contribution >= 0.6 is 0 Å². The average molecular weight is 450 g/mol. The molecule has 0 aromatic heterocycles. The van der Waals surface area contributed by atoms with E-state index in [1.807, 2.05) is 43.3 Å². The predicted molar refractivity (Wildman–Crippen MR) is 126 cm³/mol. The quantitative estimate of drug-likeness (QED) is 0.395. The summed E-state index contributed by atoms with van der Waals surface area (Å²) in [5.74, 6) is 0.0938. The lowest BCUT2D eigenvalue weighted by atomic mass is 10.1. The number of carbonyl (C=O) groups is 1. The summed E-state index contributed by atoms with van der Waals surface area (Å²) in [6, 6.07) is 21.9. The molecule has 2 N–H and O–H groups in total. The van der Waals surface area contributed by atoms with Crippen LogP contribution in [0.5, 0.6) is 5.75 Å². The van der Waals surface area contributed by atoms with Gasteiger partial charge in [0, 0.05) is 11.3 Å². The number of benzene rings is 3. The summed E-state index contributed by atoms with van der Waals surface area (Å²) in [5, 5.41) is 3.95. The molecule has 0 spiro atoms. The van der Waals surface area contributed by atoms with Crippen molar-refractivity contribution in [1.82, 2.24) is 5.43 Å². The van der Waals surface area contributed by atoms with Gasteiger partial charge in [-0.2, -0.15) is 5.10 Å². The zero-order chi connectivity index (χ0) is 23.0. The van der Waals surface area contributed by atoms with Crippen LogP contribution in [0.25, 0.3) is 6.08 Å². The fourth-order valence-electron chi connectivity index (χ4n) is 2.78. The van der Waals surface area contributed by atoms with Crippen LogP contribution in [0.15, 0.2) is 94.4 Å². The fraction of sp³-hybridized carbons (Fsp3) is 0.0833. The lowest BCUT2D eigenvalue weighted by Gasteiger charge is -2.09. The molecule has 3 aromatic rings. The normalized spacial score (nSPS) is 11.9. The predicted octanol–water partition coefficient (Wildman–Crippen LogP) is 4.32. The molecule has 0 saturated carbocycles. The van der Waals surface area contributed by atoms with E-state index in [0.29, 0.717) is 11.4 Å². The number of ether oxygens (including phenoxy) is 1. The van der Waals surface area contributed by atoms with Crippen molar-refractivity contribution in [3.63, 3.8) is 0 Å². The topological polar surface area (TPSA) is 96.9 Å². The summed E-state index contributed by atoms with van der Waals surface area (Å²) >= 11 is 0. The molecule has 1 amide bonds. The van der Waals surface area contributed by atoms with Gasteiger partial charge in [0.2, 0.25) is 0 Å². The van der Waals surface area contributed by atoms with Crippen molar-refractivity contribution in [2.45, 2.75) is 11.8 Å². The molecule has 3 aromatic carbocycles. The molecule has 0 radical (unpaired) electrons. The summed E-state index contributed by atoms with van der Waals surface area (Å²) < 4.78 is 32.9. The van der Waals surface area contributed by atoms with E-state index >= 15 is 0 Å². The fourth-order valence-corrected chi connectivity index (χ4v) is 3.89. The van der Waals surface area contributed by atoms with Crippen molar-refractivity contribution < 1.29 is 17.9 Å². The smallest absolute Gasteiger partial charge is 0.271 e. The van der Waals surface area contributed by atoms with E-state index in [4.69, 9.17) is 4.74 Å². The van der Waals surface area contributed by atoms with Gasteiger partial charge in [-0.15, -0.1) is 0 Å². The minimum absolute atomic E-state index is 0.0369. The van der Waals surface area contributed by atoms with Crippen LogP contribution in [-0.2, 0) is 10.0 Å². The molecule has 0 bridgehead atoms. The Bertz CT molecular complexity index is 1240. The number of hydrogen-bond donors (Lipinski definition) is 2. The minimum Gasteiger partial charge on any atom is -0.497 e. The summed E-state index contributed by atoms with van der Waals surface area (Å²) in [7, 11) is -2.35. The van der Waals surface area contributed by atoms with E-state index in [1.54, 1.807) is 24.3 Å². The first-order chi connectivity index (χ1) is 15.4. The van der Waals surface area contributed by atoms with Gasteiger partial charge in [-0.05, 0) is 60.5 Å². The first-order valence-corrected chi connectivity index (χ1v) is 11.2. The zero-order valence-corrected chi connectivity index (χ0v) is 18.5. The van der Waals surface area contributed by atoms with Crippen molar-refractivity contribution in [2.75, 3.05) is 11.8 Å². The van der Waals surface area contributed by atoms with Crippen LogP contribution in [0.4, 0.5) is 5.69 Å². The Morgan fingerprint density at radius 2 is 1.69 bits per heavy atom. The maximum Gasteiger partial charge on any atom is 0.271 e. The summed E-state index contributed by atoms with van der Waals surface area (Å²) in [4.78, 5) is 12.4. The molecular weight excluding hydrogens is 426 g/mol. The molecule has 3 rings (SSSR count). The number of sulfonamides is 1. The van der Waals surface area contributed by atoms with Crippen LogP contribution in [-0.4, -0.2) is 27.6 Å². The molecule has 0 saturated heterocycles. The Morgan fingerprint density at radius 1 is 0.969 bits per heavy atom. The standard InChI is InChI=1S/C24H23N3O4S/c1-18(15-19-7-4-3-5-8-19)17-25-26-24(28)20-9-6-10-23(16-20)32(29,30)27-21-11-13-22(31-2)14-12-21/h3-17,27H,1-2H3,(H,26,28)/b18-15+,25-17+. The summed E-state index contributed by atoms with van der Waals surface area (Å²) in [6.45, 7) is 1.86. The molecular formula is C24H23N3O4S. The van der Waals surface area contributed by atoms with Crippen LogP contribution < -0.4 is 14.9 Å². The van der Waals surface area contributed by atoms with E-state index in [0.717, 1.165) is 11.1 Å². The second kappa shape index (κ2) is 10.4. The van der Waals surface area contributed by atoms with Crippen LogP contribution in [0.3, 0.4) is 0 Å². The van der Waals surface area contributed by atoms with Crippen molar-refractivity contribution >= 4 is 33.9 Å². The molecule has 0 aliphatic rings. The SMILES string of the molecule is COc1ccc(NS(=O)(=O)c2cccc(C(=O)N/N=C/C(C)=C/c3ccccc3)c2)cc1. The Kier molecular flexibility index (Phi) is 7.41. The number of methoxy groups -OCH3 is 1. The summed E-state index contributed by atoms with van der Waals surface area (Å²) in [5.41, 5.74) is 4.83. The monoisotopic (exact) mass is 449 g/mol. The van der Waals surface area contributed by atoms with Crippen LogP contribution in [0.1, 0.15) is 22.8 Å². The summed E-state index contributed by atoms with van der Waals surface area (Å²) in [6.07, 6.45) is 3.45. The molecule has 164 valence electrons. The largest absolute Gasteiger partial charge is 0.497 e. The molecule has 8 heteroatoms. The Balaban J connectivity index is 1.67. The molecule has 0 unspecified atom stereocenters. The second-order valence-electron chi connectivity index (χ2n) is 6.86. The van der Waals surface area contributed by atoms with Gasteiger partial charge in [0.15, 0.2) is 0 Å². The number of hydrogen-bond acceptors (Lipinski definition) is 5. The lowest BCUT2D eigenvalue weighted by Crippen LogP contribution is -2.19. The van der Waals surface area contributed by atoms with Gasteiger partial charge >= 0.3 is 0 Å². The number of rotatable bonds is 8. The highest BCUT2D eigenvalue weighted by Gasteiger charge is 2.16. The van der Waals surface area contributed by atoms with Crippen molar-refractivity contribution in [1.29, 1.82) is 0 Å². The van der Waals surface area contributed by atoms with Crippen LogP contribution in [0.2, 0.25) is 0 Å². The number of hydrazone groups is 1. The molecule has 0 aliphatic carbocycles. The Morgan fingerprint density at radius 3 is 2.38 bits per heavy atom. The van der Waals surface area contributed by atoms with Crippen molar-refractivity contribution in [3.05, 3.63) is 95.6 Å². The third-order valence-electron chi connectivity index (χ3n) is 4.38. The van der Waals surface area contributed by atoms with Crippen molar-refractivity contribution in [2.24, 2.45) is 5.10 Å². The third kappa shape index (κ3) is 6.29. The third-order valence-corrected chi connectivity index (χ3v) is 5.76. The Labute approximate surface area is 187 Å². The number of amides is 1. The highest BCUT2D eigenvalue weighted by atomic mass is 32.2. The number of allylic oxidation sites excluding steroid dienone is 1. The van der Waals surface area contributed by atoms with Gasteiger partial charge < -0.3 is 4.74 Å². The highest BCUT2D eigenvalue weighted by Crippen LogP contribution is 2.20. The lowest BCUT2D eigenvalue weighted by molar-refractivity contribution is 0.0955. The number of anilines is 1. The Hall–Kier alpha value is -3.91. The van der Waals surface area contributed by atoms with Gasteiger partial charge in [0.05, 0.1) is 18.2 Å². The zero-order valence-electron chi connectivity index (χ0n) is 17.6. The number of carbonyl (C=O) groups excluding carboxylic acids is 1. The molecule has 32 heavy (non-hydrogen) atoms. The maximum absolute atomic E-state index is 12.7. The van der Waals surface area contributed by atoms with Crippen LogP contribution in [0, 0.1) is 0 Å². The van der Waals surface area contributed by atoms with E-state index in [1.165, 1.54) is 37.6 Å². The maximum atomic E-state index is 12.7. The minimum atomic E-state index is -3.88. The van der Waals surface area contributed by atoms with Crippen molar-refractivity contribution in [3.8, 4) is 5.75 Å². The molecule has 0 aliphatic heterocycles. The number of nitrogens with zero attached hydrogens (tertiary/aromatic N) is 1. The first kappa shape index (κ1) is 22.8. The van der Waals surface area contributed by atoms with E-state index in [-0.39, 0.29) is 10.5 Å². The van der Waals surface area contributed by atoms with E-state index < -0.39 is 15.9 Å². The molecule has 0 heterocycles. The van der Waals surface area contributed by atoms with Gasteiger partial charge in [0.1, 0.15) is 5.75 Å². The van der Waals surface area contributed by atoms with Gasteiger partial charge in [-0.3, -0.25) is 9.52 Å². The van der Waals surface area contributed by atoms with E-state index in [2.05, 4.69) is 15.2 Å². The molecule has 0 atom stereocenters. The van der Waals surface area contributed by atoms with Gasteiger partial charge in [0.25, 0.3) is 15.9 Å². The highest BCUT2D eigenvalue weighted by molar-refractivity contribution is 7.92. The second-order valence-corrected chi connectivity index (χ2v) is 8.54. The molecule has 7 nitrogen and oxygen atoms in total. The number of nitrogens with one attached hydrogen (secondary N) is 2.